The van der Waals surface area contributed by atoms with E-state index in [1.807, 2.05) is 18.2 Å². The van der Waals surface area contributed by atoms with Crippen molar-refractivity contribution in [2.24, 2.45) is 0 Å². The van der Waals surface area contributed by atoms with Crippen molar-refractivity contribution in [1.29, 1.82) is 0 Å². The quantitative estimate of drug-likeness (QED) is 0.672. The van der Waals surface area contributed by atoms with Crippen LogP contribution in [-0.2, 0) is 0 Å². The van der Waals surface area contributed by atoms with E-state index < -0.39 is 6.10 Å². The monoisotopic (exact) mass is 266 g/mol. The molecule has 0 aliphatic rings. The molecular formula is C15H26N2O2. The Bertz CT molecular complexity index is 358. The number of hydrogen-bond donors (Lipinski definition) is 2. The van der Waals surface area contributed by atoms with Crippen molar-refractivity contribution in [3.05, 3.63) is 24.3 Å². The second-order valence-corrected chi connectivity index (χ2v) is 4.78. The van der Waals surface area contributed by atoms with Gasteiger partial charge in [0.15, 0.2) is 0 Å². The van der Waals surface area contributed by atoms with E-state index >= 15 is 0 Å². The van der Waals surface area contributed by atoms with Crippen LogP contribution in [0.15, 0.2) is 24.3 Å². The summed E-state index contributed by atoms with van der Waals surface area (Å²) in [4.78, 5) is 2.25. The van der Waals surface area contributed by atoms with E-state index in [2.05, 4.69) is 18.7 Å². The number of rotatable bonds is 9. The van der Waals surface area contributed by atoms with Crippen LogP contribution in [0, 0.1) is 0 Å². The fourth-order valence-electron chi connectivity index (χ4n) is 1.91. The van der Waals surface area contributed by atoms with Crippen molar-refractivity contribution >= 4 is 5.69 Å². The first kappa shape index (κ1) is 15.8. The number of aliphatic hydroxyl groups excluding tert-OH is 1. The zero-order valence-corrected chi connectivity index (χ0v) is 12.0. The zero-order valence-electron chi connectivity index (χ0n) is 12.0. The minimum absolute atomic E-state index is 0.298. The molecule has 0 amide bonds. The smallest absolute Gasteiger partial charge is 0.121 e. The number of unbranched alkanes of at least 4 members (excludes halogenated alkanes) is 1. The van der Waals surface area contributed by atoms with E-state index in [9.17, 15) is 5.11 Å². The molecule has 19 heavy (non-hydrogen) atoms. The van der Waals surface area contributed by atoms with Crippen molar-refractivity contribution in [3.8, 4) is 5.75 Å². The number of benzene rings is 1. The molecule has 1 aromatic carbocycles. The van der Waals surface area contributed by atoms with Gasteiger partial charge in [-0.2, -0.15) is 0 Å². The van der Waals surface area contributed by atoms with Gasteiger partial charge < -0.3 is 20.5 Å². The van der Waals surface area contributed by atoms with E-state index in [-0.39, 0.29) is 0 Å². The Morgan fingerprint density at radius 3 is 2.79 bits per heavy atom. The fourth-order valence-corrected chi connectivity index (χ4v) is 1.91. The highest BCUT2D eigenvalue weighted by Gasteiger charge is 2.10. The molecule has 0 radical (unpaired) electrons. The highest BCUT2D eigenvalue weighted by atomic mass is 16.5. The van der Waals surface area contributed by atoms with Gasteiger partial charge in [0, 0.05) is 18.3 Å². The summed E-state index contributed by atoms with van der Waals surface area (Å²) in [6.45, 7) is 7.22. The summed E-state index contributed by atoms with van der Waals surface area (Å²) in [5.74, 6) is 0.704. The summed E-state index contributed by atoms with van der Waals surface area (Å²) in [5.41, 5.74) is 6.34. The lowest BCUT2D eigenvalue weighted by molar-refractivity contribution is 0.0695. The second-order valence-electron chi connectivity index (χ2n) is 4.78. The summed E-state index contributed by atoms with van der Waals surface area (Å²) in [7, 11) is 0. The number of aliphatic hydroxyl groups is 1. The maximum absolute atomic E-state index is 9.98. The minimum atomic E-state index is -0.474. The molecule has 0 bridgehead atoms. The van der Waals surface area contributed by atoms with Crippen LogP contribution in [0.3, 0.4) is 0 Å². The zero-order chi connectivity index (χ0) is 14.1. The molecule has 0 aromatic heterocycles. The Morgan fingerprint density at radius 1 is 1.37 bits per heavy atom. The average Bonchev–Trinajstić information content (AvgIpc) is 2.41. The maximum atomic E-state index is 9.98. The van der Waals surface area contributed by atoms with Crippen molar-refractivity contribution in [2.45, 2.75) is 32.8 Å². The van der Waals surface area contributed by atoms with Gasteiger partial charge in [-0.05, 0) is 31.6 Å². The molecule has 0 saturated carbocycles. The van der Waals surface area contributed by atoms with Crippen molar-refractivity contribution < 1.29 is 9.84 Å². The first-order chi connectivity index (χ1) is 9.15. The summed E-state index contributed by atoms with van der Waals surface area (Å²) < 4.78 is 5.54. The molecule has 4 heteroatoms. The third kappa shape index (κ3) is 6.45. The molecule has 1 unspecified atom stereocenters. The number of anilines is 1. The van der Waals surface area contributed by atoms with E-state index in [1.54, 1.807) is 6.07 Å². The van der Waals surface area contributed by atoms with Gasteiger partial charge in [-0.25, -0.2) is 0 Å². The molecule has 108 valence electrons. The highest BCUT2D eigenvalue weighted by Crippen LogP contribution is 2.14. The average molecular weight is 266 g/mol. The van der Waals surface area contributed by atoms with Crippen LogP contribution in [0.5, 0.6) is 5.75 Å². The molecule has 0 fully saturated rings. The fraction of sp³-hybridized carbons (Fsp3) is 0.600. The molecule has 0 saturated heterocycles. The first-order valence-electron chi connectivity index (χ1n) is 7.04. The predicted molar refractivity (Wildman–Crippen MR) is 79.4 cm³/mol. The van der Waals surface area contributed by atoms with Gasteiger partial charge in [0.05, 0.1) is 0 Å². The standard InChI is InChI=1S/C15H26N2O2/c1-3-5-9-17(4-2)11-14(18)12-19-15-8-6-7-13(16)10-15/h6-8,10,14,18H,3-5,9,11-12,16H2,1-2H3. The Balaban J connectivity index is 2.32. The molecule has 4 nitrogen and oxygen atoms in total. The molecular weight excluding hydrogens is 240 g/mol. The predicted octanol–water partition coefficient (Wildman–Crippen LogP) is 2.13. The third-order valence-corrected chi connectivity index (χ3v) is 3.04. The number of likely N-dealkylation sites (N-methyl/N-ethyl adjacent to an activating group) is 1. The van der Waals surface area contributed by atoms with Crippen LogP contribution < -0.4 is 10.5 Å². The molecule has 0 heterocycles. The van der Waals surface area contributed by atoms with E-state index in [1.165, 1.54) is 6.42 Å². The first-order valence-corrected chi connectivity index (χ1v) is 7.04. The number of hydrogen-bond acceptors (Lipinski definition) is 4. The van der Waals surface area contributed by atoms with Crippen LogP contribution in [-0.4, -0.2) is 42.4 Å². The molecule has 1 aromatic rings. The van der Waals surface area contributed by atoms with Crippen LogP contribution in [0.25, 0.3) is 0 Å². The normalized spacial score (nSPS) is 12.6. The van der Waals surface area contributed by atoms with Gasteiger partial charge in [0.25, 0.3) is 0 Å². The van der Waals surface area contributed by atoms with Gasteiger partial charge in [-0.15, -0.1) is 0 Å². The minimum Gasteiger partial charge on any atom is -0.491 e. The summed E-state index contributed by atoms with van der Waals surface area (Å²) in [5, 5.41) is 9.98. The highest BCUT2D eigenvalue weighted by molar-refractivity contribution is 5.43. The van der Waals surface area contributed by atoms with Gasteiger partial charge in [0.1, 0.15) is 18.5 Å². The number of nitrogen functional groups attached to an aromatic ring is 1. The van der Waals surface area contributed by atoms with Crippen LogP contribution >= 0.6 is 0 Å². The van der Waals surface area contributed by atoms with Gasteiger partial charge in [-0.1, -0.05) is 26.3 Å². The number of nitrogens with two attached hydrogens (primary N) is 1. The molecule has 0 spiro atoms. The van der Waals surface area contributed by atoms with Crippen LogP contribution in [0.4, 0.5) is 5.69 Å². The van der Waals surface area contributed by atoms with Crippen molar-refractivity contribution in [1.82, 2.24) is 4.90 Å². The van der Waals surface area contributed by atoms with E-state index in [4.69, 9.17) is 10.5 Å². The summed E-state index contributed by atoms with van der Waals surface area (Å²) >= 11 is 0. The molecule has 0 aliphatic carbocycles. The lowest BCUT2D eigenvalue weighted by Crippen LogP contribution is -2.36. The maximum Gasteiger partial charge on any atom is 0.121 e. The number of nitrogens with zero attached hydrogens (tertiary/aromatic N) is 1. The topological polar surface area (TPSA) is 58.7 Å². The molecule has 0 aliphatic heterocycles. The van der Waals surface area contributed by atoms with Crippen molar-refractivity contribution in [3.63, 3.8) is 0 Å². The largest absolute Gasteiger partial charge is 0.491 e. The lowest BCUT2D eigenvalue weighted by atomic mass is 10.2. The SMILES string of the molecule is CCCCN(CC)CC(O)COc1cccc(N)c1. The Morgan fingerprint density at radius 2 is 2.16 bits per heavy atom. The Kier molecular flexibility index (Phi) is 7.30. The van der Waals surface area contributed by atoms with Crippen LogP contribution in [0.2, 0.25) is 0 Å². The third-order valence-electron chi connectivity index (χ3n) is 3.04. The molecule has 1 atom stereocenters. The van der Waals surface area contributed by atoms with E-state index in [0.717, 1.165) is 19.5 Å². The molecule has 1 rings (SSSR count). The van der Waals surface area contributed by atoms with Gasteiger partial charge in [0.2, 0.25) is 0 Å². The lowest BCUT2D eigenvalue weighted by Gasteiger charge is -2.23. The Hall–Kier alpha value is -1.26. The Labute approximate surface area is 116 Å². The summed E-state index contributed by atoms with van der Waals surface area (Å²) in [6.07, 6.45) is 1.86. The van der Waals surface area contributed by atoms with Gasteiger partial charge >= 0.3 is 0 Å². The number of ether oxygens (including phenoxy) is 1. The van der Waals surface area contributed by atoms with Crippen molar-refractivity contribution in [2.75, 3.05) is 32.0 Å². The van der Waals surface area contributed by atoms with E-state index in [0.29, 0.717) is 24.6 Å². The van der Waals surface area contributed by atoms with Crippen LogP contribution in [0.1, 0.15) is 26.7 Å². The van der Waals surface area contributed by atoms with Gasteiger partial charge in [-0.3, -0.25) is 0 Å². The second kappa shape index (κ2) is 8.77. The molecule has 3 N–H and O–H groups in total. The summed E-state index contributed by atoms with van der Waals surface area (Å²) in [6, 6.07) is 7.27.